The first-order valence-electron chi connectivity index (χ1n) is 5.58. The second kappa shape index (κ2) is 6.86. The number of nitrogens with one attached hydrogen (secondary N) is 2. The van der Waals surface area contributed by atoms with Crippen molar-refractivity contribution in [3.8, 4) is 5.75 Å². The molecule has 0 heterocycles. The lowest BCUT2D eigenvalue weighted by Crippen LogP contribution is -2.37. The molecule has 1 rings (SSSR count). The Labute approximate surface area is 110 Å². The average molecular weight is 271 g/mol. The van der Waals surface area contributed by atoms with Gasteiger partial charge in [0.05, 0.1) is 11.6 Å². The summed E-state index contributed by atoms with van der Waals surface area (Å²) in [6.45, 7) is 2.44. The zero-order valence-corrected chi connectivity index (χ0v) is 10.8. The highest BCUT2D eigenvalue weighted by Gasteiger charge is 2.09. The van der Waals surface area contributed by atoms with E-state index in [0.717, 1.165) is 6.42 Å². The number of hydrogen-bond acceptors (Lipinski definition) is 3. The summed E-state index contributed by atoms with van der Waals surface area (Å²) in [6, 6.07) is 4.10. The van der Waals surface area contributed by atoms with Crippen molar-refractivity contribution in [3.05, 3.63) is 28.8 Å². The van der Waals surface area contributed by atoms with E-state index < -0.39 is 5.91 Å². The van der Waals surface area contributed by atoms with E-state index in [1.54, 1.807) is 0 Å². The molecule has 2 amide bonds. The molecule has 0 saturated carbocycles. The van der Waals surface area contributed by atoms with Gasteiger partial charge in [-0.2, -0.15) is 0 Å². The van der Waals surface area contributed by atoms with E-state index in [1.807, 2.05) is 6.92 Å². The van der Waals surface area contributed by atoms with Gasteiger partial charge in [-0.25, -0.2) is 0 Å². The molecule has 0 aliphatic carbocycles. The first-order chi connectivity index (χ1) is 8.54. The van der Waals surface area contributed by atoms with Crippen molar-refractivity contribution in [1.29, 1.82) is 0 Å². The molecule has 1 aromatic carbocycles. The van der Waals surface area contributed by atoms with Crippen LogP contribution >= 0.6 is 11.6 Å². The monoisotopic (exact) mass is 270 g/mol. The van der Waals surface area contributed by atoms with E-state index in [2.05, 4.69) is 10.6 Å². The Bertz CT molecular complexity index is 449. The number of rotatable bonds is 5. The highest BCUT2D eigenvalue weighted by molar-refractivity contribution is 6.32. The van der Waals surface area contributed by atoms with Crippen LogP contribution in [0.2, 0.25) is 5.02 Å². The molecule has 98 valence electrons. The van der Waals surface area contributed by atoms with Gasteiger partial charge < -0.3 is 15.7 Å². The summed E-state index contributed by atoms with van der Waals surface area (Å²) in [6.07, 6.45) is 0.841. The fraction of sp³-hybridized carbons (Fsp3) is 0.333. The number of amides is 2. The SMILES string of the molecule is CCCNC(=O)CNC(=O)c1ccc(O)c(Cl)c1. The normalized spacial score (nSPS) is 9.89. The smallest absolute Gasteiger partial charge is 0.251 e. The lowest BCUT2D eigenvalue weighted by molar-refractivity contribution is -0.120. The van der Waals surface area contributed by atoms with Crippen molar-refractivity contribution >= 4 is 23.4 Å². The summed E-state index contributed by atoms with van der Waals surface area (Å²) in [4.78, 5) is 22.9. The lowest BCUT2D eigenvalue weighted by Gasteiger charge is -2.06. The maximum atomic E-state index is 11.7. The fourth-order valence-corrected chi connectivity index (χ4v) is 1.42. The van der Waals surface area contributed by atoms with Crippen LogP contribution in [0.1, 0.15) is 23.7 Å². The molecular formula is C12H15ClN2O3. The molecule has 3 N–H and O–H groups in total. The summed E-state index contributed by atoms with van der Waals surface area (Å²) < 4.78 is 0. The molecule has 0 aliphatic heterocycles. The van der Waals surface area contributed by atoms with Crippen LogP contribution in [0.15, 0.2) is 18.2 Å². The van der Waals surface area contributed by atoms with Gasteiger partial charge in [0, 0.05) is 12.1 Å². The number of phenols is 1. The Morgan fingerprint density at radius 3 is 2.67 bits per heavy atom. The van der Waals surface area contributed by atoms with Gasteiger partial charge >= 0.3 is 0 Å². The minimum absolute atomic E-state index is 0.0860. The van der Waals surface area contributed by atoms with Crippen LogP contribution in [0.4, 0.5) is 0 Å². The van der Waals surface area contributed by atoms with E-state index in [0.29, 0.717) is 12.1 Å². The molecule has 0 fully saturated rings. The molecule has 0 bridgehead atoms. The fourth-order valence-electron chi connectivity index (χ4n) is 1.24. The van der Waals surface area contributed by atoms with Gasteiger partial charge in [-0.15, -0.1) is 0 Å². The Hall–Kier alpha value is -1.75. The Balaban J connectivity index is 2.50. The minimum atomic E-state index is -0.413. The van der Waals surface area contributed by atoms with Crippen molar-refractivity contribution < 1.29 is 14.7 Å². The van der Waals surface area contributed by atoms with Gasteiger partial charge in [-0.05, 0) is 24.6 Å². The zero-order chi connectivity index (χ0) is 13.5. The standard InChI is InChI=1S/C12H15ClN2O3/c1-2-5-14-11(17)7-15-12(18)8-3-4-10(16)9(13)6-8/h3-4,6,16H,2,5,7H2,1H3,(H,14,17)(H,15,18). The van der Waals surface area contributed by atoms with Gasteiger partial charge in [0.2, 0.25) is 5.91 Å². The number of halogens is 1. The van der Waals surface area contributed by atoms with Gasteiger partial charge in [0.25, 0.3) is 5.91 Å². The summed E-state index contributed by atoms with van der Waals surface area (Å²) >= 11 is 5.68. The Morgan fingerprint density at radius 2 is 2.06 bits per heavy atom. The van der Waals surface area contributed by atoms with E-state index >= 15 is 0 Å². The number of carbonyl (C=O) groups is 2. The molecule has 0 radical (unpaired) electrons. The first kappa shape index (κ1) is 14.3. The van der Waals surface area contributed by atoms with Crippen LogP contribution in [0.25, 0.3) is 0 Å². The molecule has 0 saturated heterocycles. The van der Waals surface area contributed by atoms with Crippen LogP contribution in [0, 0.1) is 0 Å². The van der Waals surface area contributed by atoms with Gasteiger partial charge in [0.15, 0.2) is 0 Å². The van der Waals surface area contributed by atoms with Crippen LogP contribution in [-0.2, 0) is 4.79 Å². The van der Waals surface area contributed by atoms with E-state index in [-0.39, 0.29) is 23.2 Å². The van der Waals surface area contributed by atoms with Gasteiger partial charge in [-0.3, -0.25) is 9.59 Å². The quantitative estimate of drug-likeness (QED) is 0.755. The van der Waals surface area contributed by atoms with E-state index in [9.17, 15) is 14.7 Å². The van der Waals surface area contributed by atoms with Crippen molar-refractivity contribution in [2.24, 2.45) is 0 Å². The summed E-state index contributed by atoms with van der Waals surface area (Å²) in [7, 11) is 0. The Morgan fingerprint density at radius 1 is 1.33 bits per heavy atom. The third kappa shape index (κ3) is 4.25. The predicted octanol–water partition coefficient (Wildman–Crippen LogP) is 1.30. The largest absolute Gasteiger partial charge is 0.506 e. The maximum absolute atomic E-state index is 11.7. The summed E-state index contributed by atoms with van der Waals surface area (Å²) in [5.74, 6) is -0.743. The van der Waals surface area contributed by atoms with E-state index in [4.69, 9.17) is 11.6 Å². The molecule has 0 aliphatic rings. The third-order valence-electron chi connectivity index (χ3n) is 2.19. The maximum Gasteiger partial charge on any atom is 0.251 e. The average Bonchev–Trinajstić information content (AvgIpc) is 2.36. The third-order valence-corrected chi connectivity index (χ3v) is 2.49. The lowest BCUT2D eigenvalue weighted by atomic mass is 10.2. The van der Waals surface area contributed by atoms with Crippen LogP contribution in [-0.4, -0.2) is 30.0 Å². The molecule has 18 heavy (non-hydrogen) atoms. The first-order valence-corrected chi connectivity index (χ1v) is 5.95. The number of aromatic hydroxyl groups is 1. The molecule has 0 spiro atoms. The summed E-state index contributed by atoms with van der Waals surface area (Å²) in [5.41, 5.74) is 0.293. The topological polar surface area (TPSA) is 78.4 Å². The highest BCUT2D eigenvalue weighted by Crippen LogP contribution is 2.23. The number of benzene rings is 1. The van der Waals surface area contributed by atoms with Crippen molar-refractivity contribution in [1.82, 2.24) is 10.6 Å². The highest BCUT2D eigenvalue weighted by atomic mass is 35.5. The zero-order valence-electron chi connectivity index (χ0n) is 10.00. The summed E-state index contributed by atoms with van der Waals surface area (Å²) in [5, 5.41) is 14.4. The molecule has 5 nitrogen and oxygen atoms in total. The van der Waals surface area contributed by atoms with Crippen molar-refractivity contribution in [2.45, 2.75) is 13.3 Å². The second-order valence-electron chi connectivity index (χ2n) is 3.70. The van der Waals surface area contributed by atoms with Gasteiger partial charge in [-0.1, -0.05) is 18.5 Å². The van der Waals surface area contributed by atoms with Gasteiger partial charge in [0.1, 0.15) is 5.75 Å². The molecule has 1 aromatic rings. The van der Waals surface area contributed by atoms with E-state index in [1.165, 1.54) is 18.2 Å². The number of phenolic OH excluding ortho intramolecular Hbond substituents is 1. The minimum Gasteiger partial charge on any atom is -0.506 e. The van der Waals surface area contributed by atoms with Crippen molar-refractivity contribution in [3.63, 3.8) is 0 Å². The van der Waals surface area contributed by atoms with Crippen LogP contribution < -0.4 is 10.6 Å². The number of carbonyl (C=O) groups excluding carboxylic acids is 2. The van der Waals surface area contributed by atoms with Crippen LogP contribution in [0.5, 0.6) is 5.75 Å². The molecule has 0 unspecified atom stereocenters. The molecular weight excluding hydrogens is 256 g/mol. The van der Waals surface area contributed by atoms with Crippen LogP contribution in [0.3, 0.4) is 0 Å². The number of hydrogen-bond donors (Lipinski definition) is 3. The molecule has 0 atom stereocenters. The molecule has 6 heteroatoms. The molecule has 0 aromatic heterocycles. The second-order valence-corrected chi connectivity index (χ2v) is 4.11. The Kier molecular flexibility index (Phi) is 5.45. The predicted molar refractivity (Wildman–Crippen MR) is 68.8 cm³/mol. The van der Waals surface area contributed by atoms with Crippen molar-refractivity contribution in [2.75, 3.05) is 13.1 Å².